The van der Waals surface area contributed by atoms with Crippen LogP contribution in [0.15, 0.2) is 0 Å². The SMILES string of the molecule is CCOC1CC(N)(C(=O)N2CCCC2CC)C1(C)C. The quantitative estimate of drug-likeness (QED) is 0.847. The van der Waals surface area contributed by atoms with E-state index >= 15 is 0 Å². The number of nitrogens with zero attached hydrogens (tertiary/aromatic N) is 1. The van der Waals surface area contributed by atoms with Gasteiger partial charge in [-0.3, -0.25) is 4.79 Å². The van der Waals surface area contributed by atoms with Gasteiger partial charge in [0, 0.05) is 31.0 Å². The van der Waals surface area contributed by atoms with Crippen molar-refractivity contribution < 1.29 is 9.53 Å². The van der Waals surface area contributed by atoms with E-state index < -0.39 is 5.54 Å². The first-order valence-electron chi connectivity index (χ1n) is 7.60. The number of likely N-dealkylation sites (tertiary alicyclic amines) is 1. The molecule has 1 saturated heterocycles. The summed E-state index contributed by atoms with van der Waals surface area (Å²) in [7, 11) is 0. The molecule has 2 aliphatic rings. The lowest BCUT2D eigenvalue weighted by Crippen LogP contribution is -2.76. The number of ether oxygens (including phenoxy) is 1. The van der Waals surface area contributed by atoms with Crippen LogP contribution in [-0.4, -0.2) is 41.6 Å². The van der Waals surface area contributed by atoms with Gasteiger partial charge in [0.2, 0.25) is 5.91 Å². The third-order valence-electron chi connectivity index (χ3n) is 5.32. The summed E-state index contributed by atoms with van der Waals surface area (Å²) >= 11 is 0. The van der Waals surface area contributed by atoms with Gasteiger partial charge in [-0.2, -0.15) is 0 Å². The van der Waals surface area contributed by atoms with E-state index in [4.69, 9.17) is 10.5 Å². The summed E-state index contributed by atoms with van der Waals surface area (Å²) in [6.45, 7) is 9.80. The van der Waals surface area contributed by atoms with Crippen molar-refractivity contribution in [2.45, 2.75) is 71.1 Å². The van der Waals surface area contributed by atoms with Gasteiger partial charge in [-0.05, 0) is 26.2 Å². The number of amides is 1. The van der Waals surface area contributed by atoms with Gasteiger partial charge < -0.3 is 15.4 Å². The molecule has 1 saturated carbocycles. The summed E-state index contributed by atoms with van der Waals surface area (Å²) in [5, 5.41) is 0. The Hall–Kier alpha value is -0.610. The molecule has 1 heterocycles. The van der Waals surface area contributed by atoms with Crippen molar-refractivity contribution in [1.29, 1.82) is 0 Å². The molecular weight excluding hydrogens is 240 g/mol. The average Bonchev–Trinajstić information content (AvgIpc) is 2.85. The lowest BCUT2D eigenvalue weighted by Gasteiger charge is -2.58. The van der Waals surface area contributed by atoms with Crippen molar-refractivity contribution in [3.05, 3.63) is 0 Å². The van der Waals surface area contributed by atoms with E-state index in [0.717, 1.165) is 25.8 Å². The maximum absolute atomic E-state index is 12.8. The molecule has 3 unspecified atom stereocenters. The Morgan fingerprint density at radius 3 is 2.63 bits per heavy atom. The van der Waals surface area contributed by atoms with Crippen molar-refractivity contribution in [3.8, 4) is 0 Å². The van der Waals surface area contributed by atoms with Crippen LogP contribution in [0, 0.1) is 5.41 Å². The molecule has 110 valence electrons. The summed E-state index contributed by atoms with van der Waals surface area (Å²) in [6.07, 6.45) is 4.01. The van der Waals surface area contributed by atoms with Crippen LogP contribution in [0.2, 0.25) is 0 Å². The van der Waals surface area contributed by atoms with Crippen LogP contribution in [0.25, 0.3) is 0 Å². The molecule has 1 aliphatic carbocycles. The molecule has 0 aromatic carbocycles. The number of rotatable bonds is 4. The third kappa shape index (κ3) is 2.09. The maximum Gasteiger partial charge on any atom is 0.243 e. The van der Waals surface area contributed by atoms with Crippen molar-refractivity contribution in [2.24, 2.45) is 11.1 Å². The second kappa shape index (κ2) is 5.06. The summed E-state index contributed by atoms with van der Waals surface area (Å²) < 4.78 is 5.70. The normalized spacial score (nSPS) is 37.2. The van der Waals surface area contributed by atoms with Gasteiger partial charge >= 0.3 is 0 Å². The smallest absolute Gasteiger partial charge is 0.243 e. The number of hydrogen-bond acceptors (Lipinski definition) is 3. The highest BCUT2D eigenvalue weighted by Crippen LogP contribution is 2.51. The van der Waals surface area contributed by atoms with Gasteiger partial charge in [0.05, 0.1) is 6.10 Å². The highest BCUT2D eigenvalue weighted by atomic mass is 16.5. The number of carbonyl (C=O) groups is 1. The number of nitrogens with two attached hydrogens (primary N) is 1. The Morgan fingerprint density at radius 1 is 1.42 bits per heavy atom. The van der Waals surface area contributed by atoms with E-state index in [1.165, 1.54) is 0 Å². The molecule has 2 rings (SSSR count). The molecule has 0 radical (unpaired) electrons. The molecule has 1 aliphatic heterocycles. The molecule has 4 nitrogen and oxygen atoms in total. The van der Waals surface area contributed by atoms with Gasteiger partial charge in [0.15, 0.2) is 0 Å². The van der Waals surface area contributed by atoms with Crippen LogP contribution in [0.4, 0.5) is 0 Å². The molecule has 2 fully saturated rings. The van der Waals surface area contributed by atoms with E-state index in [9.17, 15) is 4.79 Å². The second-order valence-electron chi connectivity index (χ2n) is 6.54. The van der Waals surface area contributed by atoms with Gasteiger partial charge in [-0.15, -0.1) is 0 Å². The lowest BCUT2D eigenvalue weighted by atomic mass is 9.54. The largest absolute Gasteiger partial charge is 0.378 e. The van der Waals surface area contributed by atoms with Crippen molar-refractivity contribution in [1.82, 2.24) is 4.90 Å². The van der Waals surface area contributed by atoms with Crippen LogP contribution in [0.5, 0.6) is 0 Å². The van der Waals surface area contributed by atoms with Gasteiger partial charge in [0.25, 0.3) is 0 Å². The fourth-order valence-corrected chi connectivity index (χ4v) is 3.58. The van der Waals surface area contributed by atoms with Crippen molar-refractivity contribution in [3.63, 3.8) is 0 Å². The minimum absolute atomic E-state index is 0.106. The van der Waals surface area contributed by atoms with Crippen LogP contribution >= 0.6 is 0 Å². The standard InChI is InChI=1S/C15H28N2O2/c1-5-11-8-7-9-17(11)13(18)15(16)10-12(19-6-2)14(15,3)4/h11-12H,5-10,16H2,1-4H3. The zero-order valence-corrected chi connectivity index (χ0v) is 12.7. The Bertz CT molecular complexity index is 356. The third-order valence-corrected chi connectivity index (χ3v) is 5.32. The van der Waals surface area contributed by atoms with E-state index in [0.29, 0.717) is 19.1 Å². The van der Waals surface area contributed by atoms with Gasteiger partial charge in [-0.1, -0.05) is 20.8 Å². The molecule has 3 atom stereocenters. The fourth-order valence-electron chi connectivity index (χ4n) is 3.58. The number of carbonyl (C=O) groups excluding carboxylic acids is 1. The topological polar surface area (TPSA) is 55.6 Å². The molecule has 0 aromatic rings. The average molecular weight is 268 g/mol. The van der Waals surface area contributed by atoms with Crippen molar-refractivity contribution >= 4 is 5.91 Å². The zero-order chi connectivity index (χ0) is 14.3. The van der Waals surface area contributed by atoms with Crippen LogP contribution in [0.1, 0.15) is 53.4 Å². The first-order valence-corrected chi connectivity index (χ1v) is 7.60. The van der Waals surface area contributed by atoms with E-state index in [-0.39, 0.29) is 17.4 Å². The molecule has 2 N–H and O–H groups in total. The molecule has 19 heavy (non-hydrogen) atoms. The van der Waals surface area contributed by atoms with Gasteiger partial charge in [0.1, 0.15) is 5.54 Å². The fraction of sp³-hybridized carbons (Fsp3) is 0.933. The van der Waals surface area contributed by atoms with Gasteiger partial charge in [-0.25, -0.2) is 0 Å². The summed E-state index contributed by atoms with van der Waals surface area (Å²) in [4.78, 5) is 14.8. The lowest BCUT2D eigenvalue weighted by molar-refractivity contribution is -0.180. The Balaban J connectivity index is 2.11. The van der Waals surface area contributed by atoms with Crippen molar-refractivity contribution in [2.75, 3.05) is 13.2 Å². The van der Waals surface area contributed by atoms with Crippen LogP contribution in [-0.2, 0) is 9.53 Å². The first-order chi connectivity index (χ1) is 8.88. The molecular formula is C15H28N2O2. The van der Waals surface area contributed by atoms with Crippen LogP contribution < -0.4 is 5.73 Å². The van der Waals surface area contributed by atoms with E-state index in [1.807, 2.05) is 11.8 Å². The Labute approximate surface area is 116 Å². The first kappa shape index (κ1) is 14.8. The second-order valence-corrected chi connectivity index (χ2v) is 6.54. The summed E-state index contributed by atoms with van der Waals surface area (Å²) in [5.41, 5.74) is 5.45. The predicted octanol–water partition coefficient (Wildman–Crippen LogP) is 1.92. The maximum atomic E-state index is 12.8. The number of hydrogen-bond donors (Lipinski definition) is 1. The summed E-state index contributed by atoms with van der Waals surface area (Å²) in [6, 6.07) is 0.384. The minimum atomic E-state index is -0.745. The highest BCUT2D eigenvalue weighted by molar-refractivity contribution is 5.89. The Kier molecular flexibility index (Phi) is 3.94. The molecule has 0 bridgehead atoms. The summed E-state index contributed by atoms with van der Waals surface area (Å²) in [5.74, 6) is 0.137. The zero-order valence-electron chi connectivity index (χ0n) is 12.7. The molecule has 4 heteroatoms. The van der Waals surface area contributed by atoms with E-state index in [2.05, 4.69) is 20.8 Å². The predicted molar refractivity (Wildman–Crippen MR) is 75.8 cm³/mol. The Morgan fingerprint density at radius 2 is 2.11 bits per heavy atom. The minimum Gasteiger partial charge on any atom is -0.378 e. The molecule has 0 aromatic heterocycles. The van der Waals surface area contributed by atoms with E-state index in [1.54, 1.807) is 0 Å². The highest BCUT2D eigenvalue weighted by Gasteiger charge is 2.64. The molecule has 0 spiro atoms. The monoisotopic (exact) mass is 268 g/mol. The molecule has 1 amide bonds. The van der Waals surface area contributed by atoms with Crippen LogP contribution in [0.3, 0.4) is 0 Å².